The number of carbonyl (C=O) groups is 1. The van der Waals surface area contributed by atoms with Crippen molar-refractivity contribution in [2.45, 2.75) is 6.42 Å². The molecule has 0 spiro atoms. The topological polar surface area (TPSA) is 53.3 Å². The second kappa shape index (κ2) is 7.71. The highest BCUT2D eigenvalue weighted by atomic mass is 16.5. The molecule has 0 heterocycles. The van der Waals surface area contributed by atoms with Crippen molar-refractivity contribution >= 4 is 11.7 Å². The van der Waals surface area contributed by atoms with Gasteiger partial charge >= 0.3 is 5.97 Å². The van der Waals surface area contributed by atoms with Gasteiger partial charge in [-0.15, -0.1) is 0 Å². The van der Waals surface area contributed by atoms with Crippen LogP contribution in [0.1, 0.15) is 16.8 Å². The zero-order valence-corrected chi connectivity index (χ0v) is 11.6. The van der Waals surface area contributed by atoms with Gasteiger partial charge in [-0.1, -0.05) is 36.4 Å². The van der Waals surface area contributed by atoms with Crippen LogP contribution >= 0.6 is 0 Å². The molecule has 21 heavy (non-hydrogen) atoms. The summed E-state index contributed by atoms with van der Waals surface area (Å²) in [6.45, 7) is 0.641. The van der Waals surface area contributed by atoms with E-state index in [9.17, 15) is 4.79 Å². The van der Waals surface area contributed by atoms with Gasteiger partial charge in [0.05, 0.1) is 18.1 Å². The van der Waals surface area contributed by atoms with Gasteiger partial charge in [-0.3, -0.25) is 0 Å². The van der Waals surface area contributed by atoms with Gasteiger partial charge in [-0.05, 0) is 24.3 Å². The quantitative estimate of drug-likeness (QED) is 0.602. The molecule has 0 saturated heterocycles. The Morgan fingerprint density at radius 1 is 1.05 bits per heavy atom. The lowest BCUT2D eigenvalue weighted by Gasteiger charge is -2.23. The van der Waals surface area contributed by atoms with Crippen LogP contribution in [0.2, 0.25) is 0 Å². The fourth-order valence-corrected chi connectivity index (χ4v) is 1.89. The molecule has 0 N–H and O–H groups in total. The Morgan fingerprint density at radius 2 is 1.67 bits per heavy atom. The number of hydrogen-bond donors (Lipinski definition) is 0. The molecule has 0 atom stereocenters. The molecule has 0 amide bonds. The zero-order valence-electron chi connectivity index (χ0n) is 11.6. The summed E-state index contributed by atoms with van der Waals surface area (Å²) in [5.74, 6) is -0.367. The van der Waals surface area contributed by atoms with Crippen LogP contribution in [0.15, 0.2) is 60.7 Å². The first-order valence-corrected chi connectivity index (χ1v) is 6.70. The SMILES string of the molecule is N#CCCN(COC(=O)c1ccccc1)c1ccccc1. The third-order valence-electron chi connectivity index (χ3n) is 2.98. The Hall–Kier alpha value is -2.80. The van der Waals surface area contributed by atoms with Crippen molar-refractivity contribution in [2.75, 3.05) is 18.2 Å². The van der Waals surface area contributed by atoms with Crippen molar-refractivity contribution in [3.05, 3.63) is 66.2 Å². The van der Waals surface area contributed by atoms with E-state index in [1.165, 1.54) is 0 Å². The van der Waals surface area contributed by atoms with Crippen LogP contribution in [0.4, 0.5) is 5.69 Å². The summed E-state index contributed by atoms with van der Waals surface area (Å²) >= 11 is 0. The number of hydrogen-bond acceptors (Lipinski definition) is 4. The Morgan fingerprint density at radius 3 is 2.29 bits per heavy atom. The van der Waals surface area contributed by atoms with Gasteiger partial charge in [0, 0.05) is 12.2 Å². The van der Waals surface area contributed by atoms with Gasteiger partial charge < -0.3 is 9.64 Å². The minimum atomic E-state index is -0.367. The first-order chi connectivity index (χ1) is 10.3. The predicted octanol–water partition coefficient (Wildman–Crippen LogP) is 3.22. The van der Waals surface area contributed by atoms with Gasteiger partial charge in [0.25, 0.3) is 0 Å². The first-order valence-electron chi connectivity index (χ1n) is 6.70. The molecule has 0 fully saturated rings. The average Bonchev–Trinajstić information content (AvgIpc) is 2.56. The third-order valence-corrected chi connectivity index (χ3v) is 2.98. The van der Waals surface area contributed by atoms with Crippen molar-refractivity contribution < 1.29 is 9.53 Å². The van der Waals surface area contributed by atoms with Crippen LogP contribution in [0.25, 0.3) is 0 Å². The van der Waals surface area contributed by atoms with Crippen LogP contribution in [0.3, 0.4) is 0 Å². The summed E-state index contributed by atoms with van der Waals surface area (Å²) in [6, 6.07) is 20.6. The van der Waals surface area contributed by atoms with Crippen molar-refractivity contribution in [2.24, 2.45) is 0 Å². The number of rotatable bonds is 6. The molecule has 4 nitrogen and oxygen atoms in total. The monoisotopic (exact) mass is 280 g/mol. The lowest BCUT2D eigenvalue weighted by molar-refractivity contribution is 0.0505. The van der Waals surface area contributed by atoms with Crippen molar-refractivity contribution in [1.29, 1.82) is 5.26 Å². The molecule has 0 radical (unpaired) electrons. The molecular weight excluding hydrogens is 264 g/mol. The largest absolute Gasteiger partial charge is 0.441 e. The van der Waals surface area contributed by atoms with E-state index in [4.69, 9.17) is 10.00 Å². The second-order valence-corrected chi connectivity index (χ2v) is 4.43. The summed E-state index contributed by atoms with van der Waals surface area (Å²) in [5.41, 5.74) is 1.44. The molecule has 2 rings (SSSR count). The van der Waals surface area contributed by atoms with E-state index in [2.05, 4.69) is 6.07 Å². The number of esters is 1. The Bertz CT molecular complexity index is 606. The van der Waals surface area contributed by atoms with Crippen LogP contribution in [-0.4, -0.2) is 19.2 Å². The number of nitrogens with zero attached hydrogens (tertiary/aromatic N) is 2. The fourth-order valence-electron chi connectivity index (χ4n) is 1.89. The average molecular weight is 280 g/mol. The smallest absolute Gasteiger partial charge is 0.339 e. The normalized spacial score (nSPS) is 9.67. The molecule has 0 aromatic heterocycles. The number of nitriles is 1. The Balaban J connectivity index is 1.99. The van der Waals surface area contributed by atoms with Crippen LogP contribution in [-0.2, 0) is 4.74 Å². The number of carbonyl (C=O) groups excluding carboxylic acids is 1. The van der Waals surface area contributed by atoms with Crippen LogP contribution < -0.4 is 4.90 Å². The van der Waals surface area contributed by atoms with Gasteiger partial charge in [0.2, 0.25) is 0 Å². The molecule has 2 aromatic rings. The van der Waals surface area contributed by atoms with Crippen molar-refractivity contribution in [3.63, 3.8) is 0 Å². The minimum absolute atomic E-state index is 0.124. The first kappa shape index (κ1) is 14.6. The fraction of sp³-hybridized carbons (Fsp3) is 0.176. The molecule has 0 saturated carbocycles. The Kier molecular flexibility index (Phi) is 5.36. The van der Waals surface area contributed by atoms with E-state index < -0.39 is 0 Å². The minimum Gasteiger partial charge on any atom is -0.441 e. The van der Waals surface area contributed by atoms with Crippen LogP contribution in [0, 0.1) is 11.3 Å². The lowest BCUT2D eigenvalue weighted by atomic mass is 10.2. The number of benzene rings is 2. The van der Waals surface area contributed by atoms with Gasteiger partial charge in [-0.2, -0.15) is 5.26 Å². The Labute approximate surface area is 124 Å². The van der Waals surface area contributed by atoms with E-state index in [-0.39, 0.29) is 12.7 Å². The molecule has 0 unspecified atom stereocenters. The highest BCUT2D eigenvalue weighted by Gasteiger charge is 2.10. The van der Waals surface area contributed by atoms with Crippen LogP contribution in [0.5, 0.6) is 0 Å². The van der Waals surface area contributed by atoms with E-state index in [1.54, 1.807) is 24.3 Å². The zero-order chi connectivity index (χ0) is 14.9. The van der Waals surface area contributed by atoms with E-state index in [0.717, 1.165) is 5.69 Å². The third kappa shape index (κ3) is 4.36. The predicted molar refractivity (Wildman–Crippen MR) is 80.7 cm³/mol. The number of para-hydroxylation sites is 1. The summed E-state index contributed by atoms with van der Waals surface area (Å²) in [7, 11) is 0. The molecule has 4 heteroatoms. The van der Waals surface area contributed by atoms with Gasteiger partial charge in [-0.25, -0.2) is 4.79 Å². The molecular formula is C17H16N2O2. The maximum atomic E-state index is 11.9. The lowest BCUT2D eigenvalue weighted by Crippen LogP contribution is -2.28. The van der Waals surface area contributed by atoms with E-state index in [0.29, 0.717) is 18.5 Å². The molecule has 106 valence electrons. The summed E-state index contributed by atoms with van der Waals surface area (Å²) in [6.07, 6.45) is 0.373. The van der Waals surface area contributed by atoms with Crippen molar-refractivity contribution in [1.82, 2.24) is 0 Å². The summed E-state index contributed by atoms with van der Waals surface area (Å²) in [4.78, 5) is 13.8. The van der Waals surface area contributed by atoms with Gasteiger partial charge in [0.1, 0.15) is 0 Å². The molecule has 0 aliphatic heterocycles. The second-order valence-electron chi connectivity index (χ2n) is 4.43. The molecule has 0 bridgehead atoms. The summed E-state index contributed by atoms with van der Waals surface area (Å²) in [5, 5.41) is 8.73. The molecule has 0 aliphatic rings. The van der Waals surface area contributed by atoms with E-state index >= 15 is 0 Å². The molecule has 2 aromatic carbocycles. The maximum Gasteiger partial charge on any atom is 0.339 e. The standard InChI is InChI=1S/C17H16N2O2/c18-12-7-13-19(16-10-5-2-6-11-16)14-21-17(20)15-8-3-1-4-9-15/h1-6,8-11H,7,13-14H2. The highest BCUT2D eigenvalue weighted by Crippen LogP contribution is 2.14. The van der Waals surface area contributed by atoms with Crippen molar-refractivity contribution in [3.8, 4) is 6.07 Å². The van der Waals surface area contributed by atoms with E-state index in [1.807, 2.05) is 41.3 Å². The highest BCUT2D eigenvalue weighted by molar-refractivity contribution is 5.89. The van der Waals surface area contributed by atoms with Gasteiger partial charge in [0.15, 0.2) is 6.73 Å². The number of ether oxygens (including phenoxy) is 1. The summed E-state index contributed by atoms with van der Waals surface area (Å²) < 4.78 is 5.32. The maximum absolute atomic E-state index is 11.9. The number of anilines is 1. The molecule has 0 aliphatic carbocycles.